The van der Waals surface area contributed by atoms with Crippen molar-refractivity contribution in [3.8, 4) is 11.5 Å². The van der Waals surface area contributed by atoms with E-state index in [1.807, 2.05) is 43.5 Å². The highest BCUT2D eigenvalue weighted by molar-refractivity contribution is 14.0. The summed E-state index contributed by atoms with van der Waals surface area (Å²) in [5.41, 5.74) is 2.85. The number of aromatic nitrogens is 2. The first-order chi connectivity index (χ1) is 14.7. The van der Waals surface area contributed by atoms with Crippen LogP contribution in [0.15, 0.2) is 64.3 Å². The van der Waals surface area contributed by atoms with E-state index in [0.29, 0.717) is 19.0 Å². The standard InChI is InChI=1S/C23H30N6O.HI/c1-4-24-23(26-15-18-12-13-21(25-14-18)29(5-2)6-3)27-16-20-17-30-22(28-20)19-10-8-7-9-11-19;/h7-14,17H,4-6,15-16H2,1-3H3,(H2,24,26,27);1H. The molecule has 166 valence electrons. The Kier molecular flexibility index (Phi) is 10.3. The van der Waals surface area contributed by atoms with Crippen LogP contribution >= 0.6 is 24.0 Å². The third kappa shape index (κ3) is 7.23. The molecule has 0 saturated carbocycles. The molecule has 0 spiro atoms. The van der Waals surface area contributed by atoms with Crippen molar-refractivity contribution in [2.45, 2.75) is 33.9 Å². The number of nitrogens with zero attached hydrogens (tertiary/aromatic N) is 4. The van der Waals surface area contributed by atoms with E-state index in [1.54, 1.807) is 6.26 Å². The predicted octanol–water partition coefficient (Wildman–Crippen LogP) is 4.46. The number of hydrogen-bond donors (Lipinski definition) is 2. The molecule has 2 heterocycles. The van der Waals surface area contributed by atoms with Gasteiger partial charge in [0.15, 0.2) is 5.96 Å². The average molecular weight is 534 g/mol. The van der Waals surface area contributed by atoms with Crippen molar-refractivity contribution in [1.29, 1.82) is 0 Å². The van der Waals surface area contributed by atoms with Gasteiger partial charge in [-0.25, -0.2) is 15.0 Å². The number of halogens is 1. The monoisotopic (exact) mass is 534 g/mol. The summed E-state index contributed by atoms with van der Waals surface area (Å²) in [6.45, 7) is 10.1. The number of rotatable bonds is 9. The van der Waals surface area contributed by atoms with Crippen LogP contribution < -0.4 is 15.5 Å². The van der Waals surface area contributed by atoms with Crippen LogP contribution in [0.25, 0.3) is 11.5 Å². The Morgan fingerprint density at radius 3 is 2.45 bits per heavy atom. The second-order valence-electron chi connectivity index (χ2n) is 6.76. The lowest BCUT2D eigenvalue weighted by molar-refractivity contribution is 0.572. The van der Waals surface area contributed by atoms with Crippen molar-refractivity contribution in [2.24, 2.45) is 4.99 Å². The number of nitrogens with one attached hydrogen (secondary N) is 2. The zero-order chi connectivity index (χ0) is 21.2. The van der Waals surface area contributed by atoms with Gasteiger partial charge in [0, 0.05) is 31.4 Å². The van der Waals surface area contributed by atoms with Gasteiger partial charge in [0.05, 0.1) is 18.8 Å². The fourth-order valence-electron chi connectivity index (χ4n) is 3.03. The van der Waals surface area contributed by atoms with Crippen molar-refractivity contribution in [3.63, 3.8) is 0 Å². The number of guanidine groups is 1. The quantitative estimate of drug-likeness (QED) is 0.240. The van der Waals surface area contributed by atoms with Gasteiger partial charge >= 0.3 is 0 Å². The molecule has 7 nitrogen and oxygen atoms in total. The van der Waals surface area contributed by atoms with E-state index in [9.17, 15) is 0 Å². The summed E-state index contributed by atoms with van der Waals surface area (Å²) in [5.74, 6) is 2.35. The molecule has 0 aliphatic carbocycles. The summed E-state index contributed by atoms with van der Waals surface area (Å²) in [7, 11) is 0. The van der Waals surface area contributed by atoms with Crippen molar-refractivity contribution >= 4 is 35.8 Å². The molecule has 3 aromatic rings. The van der Waals surface area contributed by atoms with Crippen LogP contribution in [0.3, 0.4) is 0 Å². The minimum atomic E-state index is 0. The molecule has 8 heteroatoms. The second kappa shape index (κ2) is 12.9. The molecule has 0 amide bonds. The highest BCUT2D eigenvalue weighted by Gasteiger charge is 2.07. The van der Waals surface area contributed by atoms with Crippen LogP contribution in [-0.2, 0) is 13.1 Å². The minimum absolute atomic E-state index is 0. The molecule has 0 saturated heterocycles. The Balaban J connectivity index is 0.00000341. The maximum atomic E-state index is 5.60. The van der Waals surface area contributed by atoms with Gasteiger partial charge in [-0.15, -0.1) is 24.0 Å². The Hall–Kier alpha value is -2.62. The van der Waals surface area contributed by atoms with Gasteiger partial charge in [-0.1, -0.05) is 24.3 Å². The zero-order valence-electron chi connectivity index (χ0n) is 18.3. The van der Waals surface area contributed by atoms with Crippen LogP contribution in [0.2, 0.25) is 0 Å². The summed E-state index contributed by atoms with van der Waals surface area (Å²) < 4.78 is 5.60. The van der Waals surface area contributed by atoms with Crippen molar-refractivity contribution in [1.82, 2.24) is 20.6 Å². The highest BCUT2D eigenvalue weighted by Crippen LogP contribution is 2.17. The molecule has 0 bridgehead atoms. The smallest absolute Gasteiger partial charge is 0.226 e. The molecule has 0 unspecified atom stereocenters. The average Bonchev–Trinajstić information content (AvgIpc) is 3.27. The molecule has 1 aromatic carbocycles. The Bertz CT molecular complexity index is 923. The van der Waals surface area contributed by atoms with Gasteiger partial charge in [0.25, 0.3) is 0 Å². The lowest BCUT2D eigenvalue weighted by Gasteiger charge is -2.19. The lowest BCUT2D eigenvalue weighted by Crippen LogP contribution is -2.36. The summed E-state index contributed by atoms with van der Waals surface area (Å²) in [6, 6.07) is 14.0. The van der Waals surface area contributed by atoms with E-state index >= 15 is 0 Å². The number of hydrogen-bond acceptors (Lipinski definition) is 5. The fourth-order valence-corrected chi connectivity index (χ4v) is 3.03. The van der Waals surface area contributed by atoms with Gasteiger partial charge in [0.1, 0.15) is 12.1 Å². The summed E-state index contributed by atoms with van der Waals surface area (Å²) in [5, 5.41) is 6.57. The first kappa shape index (κ1) is 24.6. The van der Waals surface area contributed by atoms with E-state index in [4.69, 9.17) is 4.42 Å². The molecule has 0 aliphatic rings. The number of pyridine rings is 1. The topological polar surface area (TPSA) is 78.6 Å². The third-order valence-corrected chi connectivity index (χ3v) is 4.67. The van der Waals surface area contributed by atoms with Gasteiger partial charge in [-0.3, -0.25) is 0 Å². The van der Waals surface area contributed by atoms with Crippen LogP contribution in [0, 0.1) is 0 Å². The number of oxazole rings is 1. The van der Waals surface area contributed by atoms with Gasteiger partial charge in [-0.05, 0) is 44.5 Å². The summed E-state index contributed by atoms with van der Waals surface area (Å²) in [6.07, 6.45) is 3.57. The predicted molar refractivity (Wildman–Crippen MR) is 137 cm³/mol. The maximum Gasteiger partial charge on any atom is 0.226 e. The Morgan fingerprint density at radius 1 is 1.03 bits per heavy atom. The van der Waals surface area contributed by atoms with E-state index in [-0.39, 0.29) is 24.0 Å². The molecule has 0 fully saturated rings. The largest absolute Gasteiger partial charge is 0.444 e. The maximum absolute atomic E-state index is 5.60. The van der Waals surface area contributed by atoms with E-state index in [1.165, 1.54) is 0 Å². The van der Waals surface area contributed by atoms with Crippen LogP contribution in [0.1, 0.15) is 32.0 Å². The van der Waals surface area contributed by atoms with Crippen molar-refractivity contribution < 1.29 is 4.42 Å². The SMILES string of the molecule is CCNC(=NCc1ccc(N(CC)CC)nc1)NCc1coc(-c2ccccc2)n1.I. The Morgan fingerprint density at radius 2 is 1.81 bits per heavy atom. The highest BCUT2D eigenvalue weighted by atomic mass is 127. The Labute approximate surface area is 201 Å². The normalized spacial score (nSPS) is 11.0. The minimum Gasteiger partial charge on any atom is -0.444 e. The first-order valence-corrected chi connectivity index (χ1v) is 10.4. The zero-order valence-corrected chi connectivity index (χ0v) is 20.7. The molecule has 31 heavy (non-hydrogen) atoms. The van der Waals surface area contributed by atoms with Crippen LogP contribution in [-0.4, -0.2) is 35.6 Å². The van der Waals surface area contributed by atoms with Gasteiger partial charge < -0.3 is 20.0 Å². The third-order valence-electron chi connectivity index (χ3n) is 4.67. The number of anilines is 1. The lowest BCUT2D eigenvalue weighted by atomic mass is 10.2. The molecule has 0 aliphatic heterocycles. The number of benzene rings is 1. The van der Waals surface area contributed by atoms with Crippen LogP contribution in [0.4, 0.5) is 5.82 Å². The molecule has 2 aromatic heterocycles. The second-order valence-corrected chi connectivity index (χ2v) is 6.76. The van der Waals surface area contributed by atoms with E-state index in [2.05, 4.69) is 56.5 Å². The summed E-state index contributed by atoms with van der Waals surface area (Å²) in [4.78, 5) is 16.0. The number of aliphatic imine (C=N–C) groups is 1. The molecule has 3 rings (SSSR count). The molecule has 0 radical (unpaired) electrons. The molecular weight excluding hydrogens is 503 g/mol. The molecular formula is C23H31IN6O. The van der Waals surface area contributed by atoms with Gasteiger partial charge in [0.2, 0.25) is 5.89 Å². The van der Waals surface area contributed by atoms with Crippen molar-refractivity contribution in [3.05, 3.63) is 66.2 Å². The molecule has 0 atom stereocenters. The van der Waals surface area contributed by atoms with E-state index < -0.39 is 0 Å². The van der Waals surface area contributed by atoms with Gasteiger partial charge in [-0.2, -0.15) is 0 Å². The first-order valence-electron chi connectivity index (χ1n) is 10.4. The summed E-state index contributed by atoms with van der Waals surface area (Å²) >= 11 is 0. The van der Waals surface area contributed by atoms with E-state index in [0.717, 1.165) is 48.2 Å². The van der Waals surface area contributed by atoms with Crippen molar-refractivity contribution in [2.75, 3.05) is 24.5 Å². The fraction of sp³-hybridized carbons (Fsp3) is 0.348. The van der Waals surface area contributed by atoms with Crippen LogP contribution in [0.5, 0.6) is 0 Å². The molecule has 2 N–H and O–H groups in total.